The van der Waals surface area contributed by atoms with Crippen LogP contribution in [0, 0.1) is 0 Å². The van der Waals surface area contributed by atoms with Crippen LogP contribution >= 0.6 is 11.8 Å². The van der Waals surface area contributed by atoms with E-state index in [-0.39, 0.29) is 5.75 Å². The van der Waals surface area contributed by atoms with Gasteiger partial charge in [-0.05, 0) is 12.1 Å². The number of nitrogen functional groups attached to an aromatic ring is 1. The summed E-state index contributed by atoms with van der Waals surface area (Å²) in [5.74, 6) is 0.302. The maximum atomic E-state index is 11.6. The van der Waals surface area contributed by atoms with E-state index in [2.05, 4.69) is 17.2 Å². The number of nitrogens with two attached hydrogens (primary N) is 1. The molecule has 0 spiro atoms. The molecule has 0 saturated heterocycles. The van der Waals surface area contributed by atoms with Crippen LogP contribution < -0.4 is 21.1 Å². The van der Waals surface area contributed by atoms with Gasteiger partial charge in [0.1, 0.15) is 5.75 Å². The van der Waals surface area contributed by atoms with Crippen molar-refractivity contribution in [3.8, 4) is 5.75 Å². The van der Waals surface area contributed by atoms with Crippen molar-refractivity contribution >= 4 is 29.4 Å². The molecule has 0 aromatic heterocycles. The largest absolute Gasteiger partial charge is 0.496 e. The van der Waals surface area contributed by atoms with E-state index in [0.29, 0.717) is 18.0 Å². The number of nitrogens with one attached hydrogen (secondary N) is 2. The molecule has 3 amide bonds. The Balaban J connectivity index is 2.48. The first-order valence-electron chi connectivity index (χ1n) is 5.81. The summed E-state index contributed by atoms with van der Waals surface area (Å²) in [7, 11) is 1.53. The van der Waals surface area contributed by atoms with Gasteiger partial charge in [-0.1, -0.05) is 6.08 Å². The van der Waals surface area contributed by atoms with Crippen LogP contribution in [0.3, 0.4) is 0 Å². The normalized spacial score (nSPS) is 9.65. The van der Waals surface area contributed by atoms with Crippen molar-refractivity contribution in [2.24, 2.45) is 0 Å². The zero-order valence-corrected chi connectivity index (χ0v) is 12.0. The maximum absolute atomic E-state index is 11.6. The highest BCUT2D eigenvalue weighted by molar-refractivity contribution is 8.00. The fraction of sp³-hybridized carbons (Fsp3) is 0.231. The number of hydrogen-bond acceptors (Lipinski definition) is 5. The number of urea groups is 1. The average molecular weight is 295 g/mol. The summed E-state index contributed by atoms with van der Waals surface area (Å²) in [6, 6.07) is 4.63. The standard InChI is InChI=1S/C13H17N3O3S/c1-3-6-15-13(18)16-12(17)8-20-11-5-4-9(14)7-10(11)19-2/h3-5,7H,1,6,8,14H2,2H3,(H2,15,16,17,18). The molecule has 1 aromatic carbocycles. The molecule has 0 heterocycles. The predicted molar refractivity (Wildman–Crippen MR) is 79.9 cm³/mol. The summed E-state index contributed by atoms with van der Waals surface area (Å²) >= 11 is 1.26. The lowest BCUT2D eigenvalue weighted by Crippen LogP contribution is -2.40. The van der Waals surface area contributed by atoms with Crippen molar-refractivity contribution in [3.63, 3.8) is 0 Å². The summed E-state index contributed by atoms with van der Waals surface area (Å²) in [5, 5.41) is 4.66. The van der Waals surface area contributed by atoms with Crippen LogP contribution in [0.1, 0.15) is 0 Å². The van der Waals surface area contributed by atoms with Crippen LogP contribution in [0.2, 0.25) is 0 Å². The van der Waals surface area contributed by atoms with Gasteiger partial charge in [-0.2, -0.15) is 0 Å². The molecule has 0 atom stereocenters. The molecule has 1 aromatic rings. The summed E-state index contributed by atoms with van der Waals surface area (Å²) in [4.78, 5) is 23.6. The van der Waals surface area contributed by atoms with E-state index in [1.165, 1.54) is 24.9 Å². The molecule has 0 radical (unpaired) electrons. The summed E-state index contributed by atoms with van der Waals surface area (Å²) in [5.41, 5.74) is 6.22. The number of imide groups is 1. The fourth-order valence-corrected chi connectivity index (χ4v) is 2.13. The highest BCUT2D eigenvalue weighted by atomic mass is 32.2. The lowest BCUT2D eigenvalue weighted by atomic mass is 10.3. The minimum Gasteiger partial charge on any atom is -0.496 e. The second-order valence-corrected chi connectivity index (χ2v) is 4.76. The minimum atomic E-state index is -0.542. The predicted octanol–water partition coefficient (Wildman–Crippen LogP) is 1.38. The van der Waals surface area contributed by atoms with Crippen molar-refractivity contribution in [1.82, 2.24) is 10.6 Å². The Labute approximate surface area is 121 Å². The SMILES string of the molecule is C=CCNC(=O)NC(=O)CSc1ccc(N)cc1OC. The fourth-order valence-electron chi connectivity index (χ4n) is 1.32. The van der Waals surface area contributed by atoms with Gasteiger partial charge in [0.05, 0.1) is 12.9 Å². The van der Waals surface area contributed by atoms with Crippen LogP contribution in [-0.4, -0.2) is 31.3 Å². The van der Waals surface area contributed by atoms with Crippen molar-refractivity contribution in [2.75, 3.05) is 25.1 Å². The topological polar surface area (TPSA) is 93.5 Å². The minimum absolute atomic E-state index is 0.0990. The van der Waals surface area contributed by atoms with Gasteiger partial charge in [-0.25, -0.2) is 4.79 Å². The van der Waals surface area contributed by atoms with E-state index in [9.17, 15) is 9.59 Å². The van der Waals surface area contributed by atoms with Crippen LogP contribution in [0.4, 0.5) is 10.5 Å². The van der Waals surface area contributed by atoms with Gasteiger partial charge >= 0.3 is 6.03 Å². The number of amides is 3. The lowest BCUT2D eigenvalue weighted by molar-refractivity contribution is -0.117. The second-order valence-electron chi connectivity index (χ2n) is 3.75. The Morgan fingerprint density at radius 2 is 2.25 bits per heavy atom. The smallest absolute Gasteiger partial charge is 0.321 e. The Kier molecular flexibility index (Phi) is 6.45. The molecule has 0 bridgehead atoms. The number of carbonyl (C=O) groups excluding carboxylic acids is 2. The molecule has 0 saturated carbocycles. The Bertz CT molecular complexity index is 506. The average Bonchev–Trinajstić information content (AvgIpc) is 2.43. The lowest BCUT2D eigenvalue weighted by Gasteiger charge is -2.09. The van der Waals surface area contributed by atoms with Crippen LogP contribution in [0.25, 0.3) is 0 Å². The molecule has 0 unspecified atom stereocenters. The zero-order chi connectivity index (χ0) is 15.0. The number of rotatable bonds is 6. The van der Waals surface area contributed by atoms with Crippen LogP contribution in [0.15, 0.2) is 35.7 Å². The quantitative estimate of drug-likeness (QED) is 0.419. The molecule has 1 rings (SSSR count). The Morgan fingerprint density at radius 1 is 1.50 bits per heavy atom. The molecule has 0 fully saturated rings. The number of carbonyl (C=O) groups is 2. The van der Waals surface area contributed by atoms with E-state index in [0.717, 1.165) is 4.90 Å². The Morgan fingerprint density at radius 3 is 2.90 bits per heavy atom. The van der Waals surface area contributed by atoms with E-state index in [1.54, 1.807) is 18.2 Å². The molecule has 4 N–H and O–H groups in total. The number of thioether (sulfide) groups is 1. The van der Waals surface area contributed by atoms with Crippen molar-refractivity contribution in [1.29, 1.82) is 0 Å². The van der Waals surface area contributed by atoms with Crippen molar-refractivity contribution < 1.29 is 14.3 Å². The van der Waals surface area contributed by atoms with Gasteiger partial charge in [0.25, 0.3) is 0 Å². The monoisotopic (exact) mass is 295 g/mol. The van der Waals surface area contributed by atoms with E-state index < -0.39 is 11.9 Å². The number of anilines is 1. The highest BCUT2D eigenvalue weighted by Crippen LogP contribution is 2.30. The first kappa shape index (κ1) is 15.9. The number of hydrogen-bond donors (Lipinski definition) is 3. The molecule has 7 heteroatoms. The third kappa shape index (κ3) is 5.23. The van der Waals surface area contributed by atoms with Gasteiger partial charge in [0, 0.05) is 23.2 Å². The summed E-state index contributed by atoms with van der Waals surface area (Å²) in [6.45, 7) is 3.76. The molecule has 20 heavy (non-hydrogen) atoms. The molecule has 108 valence electrons. The van der Waals surface area contributed by atoms with Crippen LogP contribution in [0.5, 0.6) is 5.75 Å². The van der Waals surface area contributed by atoms with Crippen LogP contribution in [-0.2, 0) is 4.79 Å². The van der Waals surface area contributed by atoms with E-state index in [4.69, 9.17) is 10.5 Å². The first-order chi connectivity index (χ1) is 9.56. The molecule has 0 aliphatic heterocycles. The number of benzene rings is 1. The third-order valence-corrected chi connectivity index (χ3v) is 3.26. The van der Waals surface area contributed by atoms with E-state index >= 15 is 0 Å². The van der Waals surface area contributed by atoms with Gasteiger partial charge in [0.2, 0.25) is 5.91 Å². The Hall–Kier alpha value is -2.15. The van der Waals surface area contributed by atoms with Crippen molar-refractivity contribution in [3.05, 3.63) is 30.9 Å². The van der Waals surface area contributed by atoms with Gasteiger partial charge < -0.3 is 15.8 Å². The van der Waals surface area contributed by atoms with E-state index in [1.807, 2.05) is 0 Å². The third-order valence-electron chi connectivity index (χ3n) is 2.21. The zero-order valence-electron chi connectivity index (χ0n) is 11.1. The highest BCUT2D eigenvalue weighted by Gasteiger charge is 2.10. The summed E-state index contributed by atoms with van der Waals surface area (Å²) in [6.07, 6.45) is 1.53. The second kappa shape index (κ2) is 8.11. The van der Waals surface area contributed by atoms with Crippen molar-refractivity contribution in [2.45, 2.75) is 4.90 Å². The molecule has 6 nitrogen and oxygen atoms in total. The van der Waals surface area contributed by atoms with Gasteiger partial charge in [-0.3, -0.25) is 10.1 Å². The number of methoxy groups -OCH3 is 1. The number of ether oxygens (including phenoxy) is 1. The molecular weight excluding hydrogens is 278 g/mol. The molecule has 0 aliphatic rings. The molecule has 0 aliphatic carbocycles. The van der Waals surface area contributed by atoms with Gasteiger partial charge in [0.15, 0.2) is 0 Å². The first-order valence-corrected chi connectivity index (χ1v) is 6.80. The van der Waals surface area contributed by atoms with Gasteiger partial charge in [-0.15, -0.1) is 18.3 Å². The maximum Gasteiger partial charge on any atom is 0.321 e. The molecular formula is C13H17N3O3S. The summed E-state index contributed by atoms with van der Waals surface area (Å²) < 4.78 is 5.17.